The molecule has 6 aromatic heterocycles. The molecule has 1 aliphatic rings. The summed E-state index contributed by atoms with van der Waals surface area (Å²) in [7, 11) is -0.422. The lowest BCUT2D eigenvalue weighted by atomic mass is 9.79. The largest absolute Gasteiger partial charge is 0.494 e. The molecule has 1 aliphatic heterocycles. The normalized spacial score (nSPS) is 13.1. The van der Waals surface area contributed by atoms with Gasteiger partial charge in [-0.25, -0.2) is 19.9 Å². The minimum atomic E-state index is -0.422. The van der Waals surface area contributed by atoms with E-state index in [1.54, 1.807) is 6.20 Å². The number of benzene rings is 16. The molecule has 12 heteroatoms. The highest BCUT2D eigenvalue weighted by Gasteiger charge is 2.51. The van der Waals surface area contributed by atoms with Crippen molar-refractivity contribution >= 4 is 137 Å². The molecule has 0 saturated carbocycles. The predicted molar refractivity (Wildman–Crippen MR) is 501 cm³/mol. The van der Waals surface area contributed by atoms with Crippen LogP contribution in [-0.4, -0.2) is 57.4 Å². The van der Waals surface area contributed by atoms with Crippen LogP contribution < -0.4 is 5.46 Å². The Morgan fingerprint density at radius 2 is 0.600 bits per heavy atom. The number of rotatable bonds is 10. The van der Waals surface area contributed by atoms with Crippen LogP contribution in [0.25, 0.3) is 199 Å². The van der Waals surface area contributed by atoms with Gasteiger partial charge in [-0.2, -0.15) is 0 Å². The van der Waals surface area contributed by atoms with E-state index in [9.17, 15) is 0 Å². The molecule has 120 heavy (non-hydrogen) atoms. The summed E-state index contributed by atoms with van der Waals surface area (Å²) in [5.74, 6) is 1.66. The summed E-state index contributed by atoms with van der Waals surface area (Å²) in [6.07, 6.45) is 3.62. The number of fused-ring (bicyclic) bond motifs is 12. The molecule has 0 spiro atoms. The number of para-hydroxylation sites is 2. The van der Waals surface area contributed by atoms with E-state index in [2.05, 4.69) is 356 Å². The lowest BCUT2D eigenvalue weighted by molar-refractivity contribution is 0.00578. The summed E-state index contributed by atoms with van der Waals surface area (Å²) in [4.78, 5) is 30.5. The number of halogens is 1. The summed E-state index contributed by atoms with van der Waals surface area (Å²) in [6.45, 7) is 8.28. The minimum absolute atomic E-state index is 0.396. The Morgan fingerprint density at radius 1 is 0.275 bits per heavy atom. The molecule has 23 rings (SSSR count). The van der Waals surface area contributed by atoms with Crippen molar-refractivity contribution in [2.75, 3.05) is 0 Å². The lowest BCUT2D eigenvalue weighted by Gasteiger charge is -2.32. The molecule has 0 unspecified atom stereocenters. The number of hydrogen-bond acceptors (Lipinski definition) is 8. The first-order valence-electron chi connectivity index (χ1n) is 40.6. The summed E-state index contributed by atoms with van der Waals surface area (Å²) >= 11 is 3.84. The van der Waals surface area contributed by atoms with Crippen LogP contribution in [0.2, 0.25) is 0 Å². The molecule has 0 bridgehead atoms. The summed E-state index contributed by atoms with van der Waals surface area (Å²) in [5.41, 5.74) is 22.2. The second-order valence-corrected chi connectivity index (χ2v) is 32.3. The smallest absolute Gasteiger partial charge is 0.399 e. The van der Waals surface area contributed by atoms with Gasteiger partial charge in [-0.05, 0) is 196 Å². The van der Waals surface area contributed by atoms with Crippen molar-refractivity contribution < 1.29 is 9.31 Å². The first-order chi connectivity index (χ1) is 59.0. The minimum Gasteiger partial charge on any atom is -0.399 e. The molecule has 0 radical (unpaired) electrons. The second kappa shape index (κ2) is 30.3. The second-order valence-electron chi connectivity index (χ2n) is 31.5. The van der Waals surface area contributed by atoms with E-state index >= 15 is 0 Å². The van der Waals surface area contributed by atoms with E-state index in [0.717, 1.165) is 112 Å². The van der Waals surface area contributed by atoms with Crippen molar-refractivity contribution in [2.45, 2.75) is 38.9 Å². The van der Waals surface area contributed by atoms with Crippen LogP contribution in [0.3, 0.4) is 0 Å². The molecule has 0 amide bonds. The van der Waals surface area contributed by atoms with Gasteiger partial charge >= 0.3 is 7.12 Å². The average Bonchev–Trinajstić information content (AvgIpc) is 1.03. The van der Waals surface area contributed by atoms with E-state index in [1.165, 1.54) is 96.9 Å². The summed E-state index contributed by atoms with van der Waals surface area (Å²) in [6, 6.07) is 132. The zero-order valence-electron chi connectivity index (χ0n) is 66.3. The predicted octanol–water partition coefficient (Wildman–Crippen LogP) is 27.3. The first kappa shape index (κ1) is 73.2. The molecular weight excluding hydrogens is 1530 g/mol. The standard InChI is InChI=1S/C51H32N4.C33H29BN4O2.C24H15Br/c1-3-16-35(17-4-1)47-50-49(48-44(53-47)27-14-32-52-48)54-51(55(50)37-19-5-2-6-20-37)36-30-28-34(29-31-36)45-40-22-9-11-24-42(40)46(43-25-12-10-23-41(43)45)39-26-13-18-33-15-7-8-21-38(33)39;1-32(2)33(3,4)40-34(39-32)24-19-17-23(18-20-24)31-37-29-28-26(16-11-21-35-28)36-27(22-12-7-5-8-13-22)30(29)38(31)25-14-9-6-10-15-25;25-24-21-13-5-3-11-19(21)23(20-12-4-6-14-22(20)24)18-15-7-9-16-8-1-2-10-17(16)18/h1-32H;5-21H,1-4H3;1-15H. The van der Waals surface area contributed by atoms with E-state index in [0.29, 0.717) is 0 Å². The van der Waals surface area contributed by atoms with E-state index < -0.39 is 18.3 Å². The zero-order valence-corrected chi connectivity index (χ0v) is 67.9. The average molecular weight is 1610 g/mol. The maximum Gasteiger partial charge on any atom is 0.494 e. The number of aromatic nitrogens is 8. The van der Waals surface area contributed by atoms with Crippen molar-refractivity contribution in [1.82, 2.24) is 39.0 Å². The van der Waals surface area contributed by atoms with Gasteiger partial charge in [-0.1, -0.05) is 328 Å². The Hall–Kier alpha value is -14.4. The third kappa shape index (κ3) is 12.7. The van der Waals surface area contributed by atoms with Crippen molar-refractivity contribution in [3.63, 3.8) is 0 Å². The summed E-state index contributed by atoms with van der Waals surface area (Å²) in [5, 5.41) is 15.1. The third-order valence-corrected chi connectivity index (χ3v) is 24.7. The van der Waals surface area contributed by atoms with Gasteiger partial charge in [-0.15, -0.1) is 0 Å². The lowest BCUT2D eigenvalue weighted by Crippen LogP contribution is -2.41. The molecule has 22 aromatic rings. The monoisotopic (exact) mass is 1610 g/mol. The van der Waals surface area contributed by atoms with Gasteiger partial charge in [0.05, 0.1) is 33.6 Å². The Balaban J connectivity index is 0.000000120. The Kier molecular flexibility index (Phi) is 18.5. The fourth-order valence-corrected chi connectivity index (χ4v) is 18.2. The highest BCUT2D eigenvalue weighted by Crippen LogP contribution is 2.49. The molecule has 570 valence electrons. The Morgan fingerprint density at radius 3 is 1.01 bits per heavy atom. The van der Waals surface area contributed by atoms with Crippen molar-refractivity contribution in [3.8, 4) is 90.0 Å². The molecule has 10 nitrogen and oxygen atoms in total. The van der Waals surface area contributed by atoms with Gasteiger partial charge in [-0.3, -0.25) is 19.1 Å². The summed E-state index contributed by atoms with van der Waals surface area (Å²) < 4.78 is 18.2. The van der Waals surface area contributed by atoms with Crippen LogP contribution in [0, 0.1) is 0 Å². The van der Waals surface area contributed by atoms with Crippen molar-refractivity contribution in [3.05, 3.63) is 393 Å². The van der Waals surface area contributed by atoms with Gasteiger partial charge < -0.3 is 9.31 Å². The molecular formula is C108H76BBrN8O2. The maximum atomic E-state index is 6.29. The van der Waals surface area contributed by atoms with Gasteiger partial charge in [0.1, 0.15) is 44.7 Å². The number of hydrogen-bond donors (Lipinski definition) is 0. The van der Waals surface area contributed by atoms with Crippen LogP contribution in [0.4, 0.5) is 0 Å². The SMILES string of the molecule is Brc1c2ccccc2c(-c2cccc3ccccc23)c2ccccc12.CC1(C)OB(c2ccc(-c3nc4c5ncccc5nc(-c5ccccc5)c4n3-c3ccccc3)cc2)OC1(C)C.c1ccc(-c2nc3cccnc3c3nc(-c4ccc(-c5c6ccccc6c(-c6cccc7ccccc67)c6ccccc56)cc4)n(-c4ccccc4)c23)cc1. The van der Waals surface area contributed by atoms with E-state index in [4.69, 9.17) is 39.2 Å². The molecule has 0 N–H and O–H groups in total. The fraction of sp³-hybridized carbons (Fsp3) is 0.0556. The number of nitrogens with zero attached hydrogens (tertiary/aromatic N) is 8. The maximum absolute atomic E-state index is 6.29. The topological polar surface area (TPSA) is 106 Å². The molecule has 0 aliphatic carbocycles. The number of pyridine rings is 4. The fourth-order valence-electron chi connectivity index (χ4n) is 17.5. The zero-order chi connectivity index (χ0) is 80.6. The van der Waals surface area contributed by atoms with Gasteiger partial charge in [0.25, 0.3) is 0 Å². The van der Waals surface area contributed by atoms with Crippen LogP contribution in [-0.2, 0) is 9.31 Å². The molecule has 7 heterocycles. The molecule has 16 aromatic carbocycles. The van der Waals surface area contributed by atoms with E-state index in [1.807, 2.05) is 79.0 Å². The van der Waals surface area contributed by atoms with Crippen molar-refractivity contribution in [2.24, 2.45) is 0 Å². The van der Waals surface area contributed by atoms with Gasteiger partial charge in [0, 0.05) is 50.5 Å². The quantitative estimate of drug-likeness (QED) is 0.0985. The molecule has 1 fully saturated rings. The van der Waals surface area contributed by atoms with Crippen LogP contribution >= 0.6 is 15.9 Å². The van der Waals surface area contributed by atoms with Crippen LogP contribution in [0.5, 0.6) is 0 Å². The molecule has 1 saturated heterocycles. The van der Waals surface area contributed by atoms with E-state index in [-0.39, 0.29) is 0 Å². The van der Waals surface area contributed by atoms with Crippen molar-refractivity contribution in [1.29, 1.82) is 0 Å². The van der Waals surface area contributed by atoms with Gasteiger partial charge in [0.2, 0.25) is 0 Å². The first-order valence-corrected chi connectivity index (χ1v) is 41.4. The third-order valence-electron chi connectivity index (χ3n) is 23.9. The Bertz CT molecular complexity index is 7590. The highest BCUT2D eigenvalue weighted by molar-refractivity contribution is 9.10. The molecule has 0 atom stereocenters. The van der Waals surface area contributed by atoms with Gasteiger partial charge in [0.15, 0.2) is 0 Å². The highest BCUT2D eigenvalue weighted by atomic mass is 79.9. The van der Waals surface area contributed by atoms with Crippen LogP contribution in [0.1, 0.15) is 27.7 Å². The Labute approximate surface area is 702 Å². The number of imidazole rings is 2. The van der Waals surface area contributed by atoms with Crippen LogP contribution in [0.15, 0.2) is 393 Å².